The lowest BCUT2D eigenvalue weighted by Crippen LogP contribution is -2.31. The molecule has 2 N–H and O–H groups in total. The molecule has 0 radical (unpaired) electrons. The fourth-order valence-electron chi connectivity index (χ4n) is 5.34. The van der Waals surface area contributed by atoms with Crippen LogP contribution in [0.5, 0.6) is 0 Å². The summed E-state index contributed by atoms with van der Waals surface area (Å²) in [7, 11) is 0. The van der Waals surface area contributed by atoms with E-state index in [2.05, 4.69) is 41.1 Å². The molecule has 1 aromatic heterocycles. The molecule has 4 rings (SSSR count). The summed E-state index contributed by atoms with van der Waals surface area (Å²) in [5.41, 5.74) is 3.82. The molecule has 7 nitrogen and oxygen atoms in total. The smallest absolute Gasteiger partial charge is 0.303 e. The SMILES string of the molecule is Cc1ccc(NC(=O)C[C@@H](CCC(=O)O)c2nnn([C@H]3C[C@H](CC(C)(C)C)C3)c2C2CC2)c(Cl)c1. The van der Waals surface area contributed by atoms with E-state index in [1.807, 2.05) is 13.0 Å². The first-order valence-electron chi connectivity index (χ1n) is 12.7. The normalized spacial score (nSPS) is 20.8. The van der Waals surface area contributed by atoms with Crippen molar-refractivity contribution in [1.29, 1.82) is 0 Å². The van der Waals surface area contributed by atoms with Crippen molar-refractivity contribution in [2.45, 2.75) is 96.9 Å². The molecule has 1 atom stereocenters. The van der Waals surface area contributed by atoms with Gasteiger partial charge in [0.25, 0.3) is 0 Å². The van der Waals surface area contributed by atoms with Crippen molar-refractivity contribution < 1.29 is 14.7 Å². The number of carboxylic acid groups (broad SMARTS) is 1. The van der Waals surface area contributed by atoms with Gasteiger partial charge in [-0.25, -0.2) is 4.68 Å². The number of aliphatic carboxylic acids is 1. The van der Waals surface area contributed by atoms with Gasteiger partial charge in [-0.3, -0.25) is 9.59 Å². The van der Waals surface area contributed by atoms with E-state index in [0.717, 1.165) is 42.6 Å². The molecular weight excluding hydrogens is 464 g/mol. The number of carbonyl (C=O) groups is 2. The molecule has 2 aliphatic rings. The number of halogens is 1. The Morgan fingerprint density at radius 1 is 1.26 bits per heavy atom. The van der Waals surface area contributed by atoms with E-state index in [-0.39, 0.29) is 24.7 Å². The van der Waals surface area contributed by atoms with Crippen molar-refractivity contribution in [1.82, 2.24) is 15.0 Å². The van der Waals surface area contributed by atoms with Gasteiger partial charge in [0.05, 0.1) is 28.1 Å². The Kier molecular flexibility index (Phi) is 7.55. The number of aryl methyl sites for hydroxylation is 1. The van der Waals surface area contributed by atoms with E-state index < -0.39 is 5.97 Å². The summed E-state index contributed by atoms with van der Waals surface area (Å²) in [5, 5.41) is 21.8. The number of rotatable bonds is 10. The maximum atomic E-state index is 13.0. The third-order valence-corrected chi connectivity index (χ3v) is 7.42. The number of nitrogens with one attached hydrogen (secondary N) is 1. The lowest BCUT2D eigenvalue weighted by atomic mass is 9.71. The Labute approximate surface area is 212 Å². The molecule has 0 saturated heterocycles. The first-order chi connectivity index (χ1) is 16.5. The predicted octanol–water partition coefficient (Wildman–Crippen LogP) is 6.48. The fourth-order valence-corrected chi connectivity index (χ4v) is 5.62. The van der Waals surface area contributed by atoms with E-state index in [4.69, 9.17) is 11.6 Å². The van der Waals surface area contributed by atoms with Gasteiger partial charge in [0.2, 0.25) is 5.91 Å². The summed E-state index contributed by atoms with van der Waals surface area (Å²) in [5.74, 6) is -0.265. The van der Waals surface area contributed by atoms with Gasteiger partial charge in [0, 0.05) is 24.7 Å². The first-order valence-corrected chi connectivity index (χ1v) is 13.1. The molecule has 1 heterocycles. The van der Waals surface area contributed by atoms with Gasteiger partial charge < -0.3 is 10.4 Å². The molecule has 190 valence electrons. The van der Waals surface area contributed by atoms with Gasteiger partial charge in [0.1, 0.15) is 0 Å². The number of benzene rings is 1. The van der Waals surface area contributed by atoms with Crippen molar-refractivity contribution in [2.24, 2.45) is 11.3 Å². The van der Waals surface area contributed by atoms with Crippen molar-refractivity contribution in [3.8, 4) is 0 Å². The minimum atomic E-state index is -0.874. The van der Waals surface area contributed by atoms with E-state index in [1.165, 1.54) is 6.42 Å². The minimum Gasteiger partial charge on any atom is -0.481 e. The number of carboxylic acids is 1. The van der Waals surface area contributed by atoms with Gasteiger partial charge in [-0.05, 0) is 74.5 Å². The van der Waals surface area contributed by atoms with Crippen molar-refractivity contribution in [3.63, 3.8) is 0 Å². The molecule has 2 aliphatic carbocycles. The topological polar surface area (TPSA) is 97.1 Å². The molecule has 0 spiro atoms. The molecule has 35 heavy (non-hydrogen) atoms. The molecule has 2 saturated carbocycles. The Balaban J connectivity index is 1.51. The largest absolute Gasteiger partial charge is 0.481 e. The van der Waals surface area contributed by atoms with Crippen LogP contribution in [0.3, 0.4) is 0 Å². The van der Waals surface area contributed by atoms with E-state index in [1.54, 1.807) is 12.1 Å². The summed E-state index contributed by atoms with van der Waals surface area (Å²) in [6.45, 7) is 8.79. The number of carbonyl (C=O) groups excluding carboxylic acids is 1. The summed E-state index contributed by atoms with van der Waals surface area (Å²) in [6, 6.07) is 5.84. The average Bonchev–Trinajstić information content (AvgIpc) is 3.47. The van der Waals surface area contributed by atoms with Crippen molar-refractivity contribution in [3.05, 3.63) is 40.2 Å². The van der Waals surface area contributed by atoms with Gasteiger partial charge in [-0.15, -0.1) is 5.10 Å². The maximum Gasteiger partial charge on any atom is 0.303 e. The summed E-state index contributed by atoms with van der Waals surface area (Å²) in [4.78, 5) is 24.4. The zero-order chi connectivity index (χ0) is 25.3. The highest BCUT2D eigenvalue weighted by molar-refractivity contribution is 6.33. The molecular formula is C27H37ClN4O3. The zero-order valence-corrected chi connectivity index (χ0v) is 21.9. The number of nitrogens with zero attached hydrogens (tertiary/aromatic N) is 3. The lowest BCUT2D eigenvalue weighted by molar-refractivity contribution is -0.137. The molecule has 1 aromatic carbocycles. The van der Waals surface area contributed by atoms with Crippen LogP contribution in [-0.2, 0) is 9.59 Å². The molecule has 1 amide bonds. The summed E-state index contributed by atoms with van der Waals surface area (Å²) in [6.07, 6.45) is 6.07. The minimum absolute atomic E-state index is 0.0166. The van der Waals surface area contributed by atoms with Crippen LogP contribution < -0.4 is 5.32 Å². The Hall–Kier alpha value is -2.41. The van der Waals surface area contributed by atoms with Crippen LogP contribution in [-0.4, -0.2) is 32.0 Å². The zero-order valence-electron chi connectivity index (χ0n) is 21.2. The summed E-state index contributed by atoms with van der Waals surface area (Å²) >= 11 is 6.30. The molecule has 2 fully saturated rings. The average molecular weight is 501 g/mol. The van der Waals surface area contributed by atoms with E-state index in [9.17, 15) is 14.7 Å². The van der Waals surface area contributed by atoms with Gasteiger partial charge >= 0.3 is 5.97 Å². The first kappa shape index (κ1) is 25.7. The molecule has 0 aliphatic heterocycles. The third-order valence-electron chi connectivity index (χ3n) is 7.10. The highest BCUT2D eigenvalue weighted by Crippen LogP contribution is 2.49. The second kappa shape index (κ2) is 10.3. The van der Waals surface area contributed by atoms with Crippen LogP contribution in [0.4, 0.5) is 5.69 Å². The third kappa shape index (κ3) is 6.63. The quantitative estimate of drug-likeness (QED) is 0.389. The van der Waals surface area contributed by atoms with Gasteiger partial charge in [-0.1, -0.05) is 43.7 Å². The molecule has 2 aromatic rings. The van der Waals surface area contributed by atoms with Gasteiger partial charge in [-0.2, -0.15) is 0 Å². The Bertz CT molecular complexity index is 1080. The molecule has 8 heteroatoms. The van der Waals surface area contributed by atoms with Crippen LogP contribution in [0, 0.1) is 18.3 Å². The Morgan fingerprint density at radius 2 is 1.97 bits per heavy atom. The number of aromatic nitrogens is 3. The second-order valence-corrected chi connectivity index (χ2v) is 12.1. The van der Waals surface area contributed by atoms with Gasteiger partial charge in [0.15, 0.2) is 0 Å². The fraction of sp³-hybridized carbons (Fsp3) is 0.630. The number of amides is 1. The van der Waals surface area contributed by atoms with Crippen LogP contribution in [0.2, 0.25) is 5.02 Å². The highest BCUT2D eigenvalue weighted by Gasteiger charge is 2.40. The summed E-state index contributed by atoms with van der Waals surface area (Å²) < 4.78 is 2.11. The maximum absolute atomic E-state index is 13.0. The Morgan fingerprint density at radius 3 is 2.57 bits per heavy atom. The van der Waals surface area contributed by atoms with Crippen molar-refractivity contribution >= 4 is 29.2 Å². The van der Waals surface area contributed by atoms with E-state index >= 15 is 0 Å². The predicted molar refractivity (Wildman–Crippen MR) is 137 cm³/mol. The van der Waals surface area contributed by atoms with Crippen LogP contribution >= 0.6 is 11.6 Å². The van der Waals surface area contributed by atoms with E-state index in [0.29, 0.717) is 40.4 Å². The molecule has 0 bridgehead atoms. The second-order valence-electron chi connectivity index (χ2n) is 11.7. The van der Waals surface area contributed by atoms with Crippen LogP contribution in [0.15, 0.2) is 18.2 Å². The highest BCUT2D eigenvalue weighted by atomic mass is 35.5. The lowest BCUT2D eigenvalue weighted by Gasteiger charge is -2.39. The standard InChI is InChI=1S/C27H37ClN4O3/c1-16-5-9-22(21(28)11-16)29-23(33)14-19(8-10-24(34)35)25-26(18-6-7-18)32(31-30-25)20-12-17(13-20)15-27(2,3)4/h5,9,11,17-20H,6-8,10,12-15H2,1-4H3,(H,29,33)(H,34,35)/t17-,19-,20-/m1/s1. The number of hydrogen-bond donors (Lipinski definition) is 2. The monoisotopic (exact) mass is 500 g/mol. The van der Waals surface area contributed by atoms with Crippen molar-refractivity contribution in [2.75, 3.05) is 5.32 Å². The molecule has 0 unspecified atom stereocenters. The number of hydrogen-bond acceptors (Lipinski definition) is 4. The van der Waals surface area contributed by atoms with Crippen LogP contribution in [0.1, 0.15) is 107 Å². The number of anilines is 1. The van der Waals surface area contributed by atoms with Crippen LogP contribution in [0.25, 0.3) is 0 Å².